The van der Waals surface area contributed by atoms with E-state index in [4.69, 9.17) is 34.0 Å². The van der Waals surface area contributed by atoms with Gasteiger partial charge in [-0.05, 0) is 42.7 Å². The van der Waals surface area contributed by atoms with Crippen molar-refractivity contribution in [2.45, 2.75) is 18.8 Å². The predicted octanol–water partition coefficient (Wildman–Crippen LogP) is 3.21. The highest BCUT2D eigenvalue weighted by molar-refractivity contribution is 6.42. The average molecular weight is 520 g/mol. The molecule has 2 aliphatic rings. The van der Waals surface area contributed by atoms with Gasteiger partial charge in [0.1, 0.15) is 5.82 Å². The highest BCUT2D eigenvalue weighted by Crippen LogP contribution is 2.37. The second kappa shape index (κ2) is 10.7. The summed E-state index contributed by atoms with van der Waals surface area (Å²) >= 11 is 12.3. The predicted molar refractivity (Wildman–Crippen MR) is 133 cm³/mol. The standard InChI is InChI=1S/C24H27Cl2N5O4/c25-19-3-1-15(9-20(19)26)18-13-31(12-17(18)11-29-24(34)35)23(33)14-5-7-30(8-6-14)21-4-2-16(10-28-21)22(27)32/h1-4,9-10,14,17-18,29H,5-8,11-13H2,(H2,27,32)(H,34,35)/t17-,18-/m0/s1. The number of carboxylic acid groups (broad SMARTS) is 1. The van der Waals surface area contributed by atoms with Crippen LogP contribution in [0.1, 0.15) is 34.7 Å². The van der Waals surface area contributed by atoms with Crippen molar-refractivity contribution in [3.63, 3.8) is 0 Å². The van der Waals surface area contributed by atoms with Crippen molar-refractivity contribution in [2.24, 2.45) is 17.6 Å². The largest absolute Gasteiger partial charge is 0.465 e. The minimum absolute atomic E-state index is 0.0476. The van der Waals surface area contributed by atoms with Gasteiger partial charge in [0, 0.05) is 56.7 Å². The lowest BCUT2D eigenvalue weighted by atomic mass is 9.89. The number of benzene rings is 1. The van der Waals surface area contributed by atoms with Gasteiger partial charge in [-0.25, -0.2) is 9.78 Å². The molecule has 186 valence electrons. The molecule has 4 N–H and O–H groups in total. The molecule has 1 aromatic heterocycles. The first-order valence-corrected chi connectivity index (χ1v) is 12.2. The van der Waals surface area contributed by atoms with E-state index in [9.17, 15) is 14.4 Å². The van der Waals surface area contributed by atoms with Crippen molar-refractivity contribution in [1.29, 1.82) is 0 Å². The Hall–Kier alpha value is -3.04. The number of primary amides is 1. The number of nitrogens with zero attached hydrogens (tertiary/aromatic N) is 3. The first-order valence-electron chi connectivity index (χ1n) is 11.4. The van der Waals surface area contributed by atoms with Crippen LogP contribution in [-0.4, -0.2) is 65.6 Å². The number of halogens is 2. The van der Waals surface area contributed by atoms with Gasteiger partial charge in [0.05, 0.1) is 15.6 Å². The van der Waals surface area contributed by atoms with Gasteiger partial charge in [-0.2, -0.15) is 0 Å². The highest BCUT2D eigenvalue weighted by Gasteiger charge is 2.39. The molecule has 9 nitrogen and oxygen atoms in total. The Balaban J connectivity index is 1.40. The number of piperidine rings is 1. The second-order valence-corrected chi connectivity index (χ2v) is 9.81. The maximum atomic E-state index is 13.4. The number of carbonyl (C=O) groups is 3. The number of amides is 3. The van der Waals surface area contributed by atoms with Crippen LogP contribution in [-0.2, 0) is 4.79 Å². The van der Waals surface area contributed by atoms with E-state index >= 15 is 0 Å². The quantitative estimate of drug-likeness (QED) is 0.537. The number of hydrogen-bond donors (Lipinski definition) is 3. The molecule has 0 bridgehead atoms. The van der Waals surface area contributed by atoms with Crippen molar-refractivity contribution < 1.29 is 19.5 Å². The number of pyridine rings is 1. The molecule has 2 atom stereocenters. The summed E-state index contributed by atoms with van der Waals surface area (Å²) in [5.74, 6) is 0.0897. The molecule has 0 radical (unpaired) electrons. The van der Waals surface area contributed by atoms with Gasteiger partial charge in [-0.15, -0.1) is 0 Å². The van der Waals surface area contributed by atoms with E-state index in [2.05, 4.69) is 15.2 Å². The Morgan fingerprint density at radius 2 is 1.83 bits per heavy atom. The molecule has 0 saturated carbocycles. The van der Waals surface area contributed by atoms with Crippen molar-refractivity contribution in [1.82, 2.24) is 15.2 Å². The van der Waals surface area contributed by atoms with E-state index in [0.717, 1.165) is 11.4 Å². The number of nitrogens with two attached hydrogens (primary N) is 1. The zero-order valence-electron chi connectivity index (χ0n) is 19.0. The number of hydrogen-bond acceptors (Lipinski definition) is 5. The molecule has 3 amide bonds. The number of anilines is 1. The molecule has 2 saturated heterocycles. The topological polar surface area (TPSA) is 129 Å². The fraction of sp³-hybridized carbons (Fsp3) is 0.417. The minimum atomic E-state index is -1.09. The average Bonchev–Trinajstić information content (AvgIpc) is 3.28. The van der Waals surface area contributed by atoms with Crippen LogP contribution in [0.3, 0.4) is 0 Å². The van der Waals surface area contributed by atoms with Crippen LogP contribution in [0.25, 0.3) is 0 Å². The summed E-state index contributed by atoms with van der Waals surface area (Å²) in [6.07, 6.45) is 1.74. The van der Waals surface area contributed by atoms with Gasteiger partial charge >= 0.3 is 6.09 Å². The van der Waals surface area contributed by atoms with Crippen LogP contribution < -0.4 is 16.0 Å². The number of nitrogens with one attached hydrogen (secondary N) is 1. The Kier molecular flexibility index (Phi) is 7.66. The summed E-state index contributed by atoms with van der Waals surface area (Å²) in [5.41, 5.74) is 6.57. The Morgan fingerprint density at radius 3 is 2.43 bits per heavy atom. The Morgan fingerprint density at radius 1 is 1.09 bits per heavy atom. The summed E-state index contributed by atoms with van der Waals surface area (Å²) in [6.45, 7) is 2.57. The molecule has 3 heterocycles. The van der Waals surface area contributed by atoms with E-state index in [0.29, 0.717) is 54.6 Å². The molecule has 1 aromatic carbocycles. The maximum Gasteiger partial charge on any atom is 0.404 e. The number of likely N-dealkylation sites (tertiary alicyclic amines) is 1. The molecular formula is C24H27Cl2N5O4. The Labute approximate surface area is 213 Å². The lowest BCUT2D eigenvalue weighted by Crippen LogP contribution is -2.42. The lowest BCUT2D eigenvalue weighted by Gasteiger charge is -2.34. The van der Waals surface area contributed by atoms with Crippen LogP contribution in [0.15, 0.2) is 36.5 Å². The zero-order chi connectivity index (χ0) is 25.1. The fourth-order valence-electron chi connectivity index (χ4n) is 4.93. The zero-order valence-corrected chi connectivity index (χ0v) is 20.5. The normalized spacial score (nSPS) is 20.6. The summed E-state index contributed by atoms with van der Waals surface area (Å²) in [6, 6.07) is 8.83. The molecule has 4 rings (SSSR count). The summed E-state index contributed by atoms with van der Waals surface area (Å²) in [7, 11) is 0. The van der Waals surface area contributed by atoms with Gasteiger partial charge in [-0.3, -0.25) is 9.59 Å². The van der Waals surface area contributed by atoms with Gasteiger partial charge < -0.3 is 26.0 Å². The monoisotopic (exact) mass is 519 g/mol. The molecule has 2 aromatic rings. The van der Waals surface area contributed by atoms with Crippen molar-refractivity contribution >= 4 is 46.9 Å². The highest BCUT2D eigenvalue weighted by atomic mass is 35.5. The van der Waals surface area contributed by atoms with E-state index in [-0.39, 0.29) is 30.2 Å². The minimum Gasteiger partial charge on any atom is -0.465 e. The molecule has 2 aliphatic heterocycles. The summed E-state index contributed by atoms with van der Waals surface area (Å²) in [5, 5.41) is 12.4. The summed E-state index contributed by atoms with van der Waals surface area (Å²) in [4.78, 5) is 44.0. The first kappa shape index (κ1) is 25.1. The van der Waals surface area contributed by atoms with Crippen LogP contribution in [0.4, 0.5) is 10.6 Å². The molecule has 11 heteroatoms. The van der Waals surface area contributed by atoms with Crippen LogP contribution in [0, 0.1) is 11.8 Å². The van der Waals surface area contributed by atoms with Crippen LogP contribution in [0.2, 0.25) is 10.0 Å². The third-order valence-electron chi connectivity index (χ3n) is 6.84. The smallest absolute Gasteiger partial charge is 0.404 e. The van der Waals surface area contributed by atoms with E-state index in [1.54, 1.807) is 24.3 Å². The van der Waals surface area contributed by atoms with Crippen molar-refractivity contribution in [3.05, 3.63) is 57.7 Å². The molecule has 0 unspecified atom stereocenters. The van der Waals surface area contributed by atoms with Gasteiger partial charge in [0.15, 0.2) is 0 Å². The number of rotatable bonds is 6. The molecule has 2 fully saturated rings. The third kappa shape index (κ3) is 5.79. The number of carbonyl (C=O) groups excluding carboxylic acids is 2. The van der Waals surface area contributed by atoms with E-state index < -0.39 is 12.0 Å². The van der Waals surface area contributed by atoms with Crippen molar-refractivity contribution in [3.8, 4) is 0 Å². The first-order chi connectivity index (χ1) is 16.7. The summed E-state index contributed by atoms with van der Waals surface area (Å²) < 4.78 is 0. The maximum absolute atomic E-state index is 13.4. The van der Waals surface area contributed by atoms with Crippen molar-refractivity contribution in [2.75, 3.05) is 37.6 Å². The van der Waals surface area contributed by atoms with Crippen LogP contribution in [0.5, 0.6) is 0 Å². The Bertz CT molecular complexity index is 1110. The molecular weight excluding hydrogens is 493 g/mol. The van der Waals surface area contributed by atoms with Gasteiger partial charge in [-0.1, -0.05) is 29.3 Å². The van der Waals surface area contributed by atoms with Gasteiger partial charge in [0.2, 0.25) is 11.8 Å². The van der Waals surface area contributed by atoms with Crippen LogP contribution >= 0.6 is 23.2 Å². The van der Waals surface area contributed by atoms with E-state index in [1.165, 1.54) is 6.20 Å². The SMILES string of the molecule is NC(=O)c1ccc(N2CCC(C(=O)N3C[C@H](CNC(=O)O)[C@H](c4ccc(Cl)c(Cl)c4)C3)CC2)nc1. The second-order valence-electron chi connectivity index (χ2n) is 9.00. The number of aromatic nitrogens is 1. The van der Waals surface area contributed by atoms with Gasteiger partial charge in [0.25, 0.3) is 0 Å². The molecule has 35 heavy (non-hydrogen) atoms. The molecule has 0 spiro atoms. The van der Waals surface area contributed by atoms with E-state index in [1.807, 2.05) is 11.0 Å². The molecule has 0 aliphatic carbocycles. The third-order valence-corrected chi connectivity index (χ3v) is 7.58. The lowest BCUT2D eigenvalue weighted by molar-refractivity contribution is -0.135. The fourth-order valence-corrected chi connectivity index (χ4v) is 5.24.